The van der Waals surface area contributed by atoms with Crippen molar-refractivity contribution in [3.8, 4) is 0 Å². The van der Waals surface area contributed by atoms with E-state index in [1.165, 1.54) is 6.42 Å². The molecular weight excluding hydrogens is 280 g/mol. The van der Waals surface area contributed by atoms with E-state index in [0.29, 0.717) is 11.8 Å². The quantitative estimate of drug-likeness (QED) is 0.744. The van der Waals surface area contributed by atoms with Crippen LogP contribution in [0.15, 0.2) is 0 Å². The van der Waals surface area contributed by atoms with Gasteiger partial charge < -0.3 is 15.4 Å². The Morgan fingerprint density at radius 3 is 2.41 bits per heavy atom. The Morgan fingerprint density at radius 2 is 1.77 bits per heavy atom. The van der Waals surface area contributed by atoms with Gasteiger partial charge in [0.25, 0.3) is 0 Å². The number of likely N-dealkylation sites (tertiary alicyclic amines) is 1. The van der Waals surface area contributed by atoms with E-state index in [4.69, 9.17) is 10.5 Å². The first-order valence-electron chi connectivity index (χ1n) is 8.85. The molecule has 2 saturated heterocycles. The first kappa shape index (κ1) is 14.5. The molecule has 4 rings (SSSR count). The highest BCUT2D eigenvalue weighted by atomic mass is 16.6. The second kappa shape index (κ2) is 5.22. The van der Waals surface area contributed by atoms with E-state index in [-0.39, 0.29) is 30.3 Å². The summed E-state index contributed by atoms with van der Waals surface area (Å²) in [6.45, 7) is 1.55. The third kappa shape index (κ3) is 2.16. The van der Waals surface area contributed by atoms with Crippen molar-refractivity contribution in [2.24, 2.45) is 23.5 Å². The van der Waals surface area contributed by atoms with Crippen LogP contribution in [0.5, 0.6) is 0 Å². The number of carbonyl (C=O) groups excluding carboxylic acids is 2. The third-order valence-electron chi connectivity index (χ3n) is 6.54. The molecule has 0 aromatic heterocycles. The van der Waals surface area contributed by atoms with Crippen molar-refractivity contribution < 1.29 is 14.3 Å². The molecule has 4 fully saturated rings. The monoisotopic (exact) mass is 306 g/mol. The van der Waals surface area contributed by atoms with Crippen LogP contribution in [0.4, 0.5) is 0 Å². The standard InChI is InChI=1S/C17H26N2O3/c18-15-11-4-5-12(15)10-19(9-11)16(21)13-8-14(20)22-17(13)6-2-1-3-7-17/h11-13,15H,1-10,18H2/t11-,12+,13-,15?/m0/s1. The predicted molar refractivity (Wildman–Crippen MR) is 80.8 cm³/mol. The van der Waals surface area contributed by atoms with Gasteiger partial charge in [0, 0.05) is 19.1 Å². The van der Waals surface area contributed by atoms with Gasteiger partial charge in [0.1, 0.15) is 5.60 Å². The molecule has 2 saturated carbocycles. The molecule has 0 aromatic carbocycles. The lowest BCUT2D eigenvalue weighted by Crippen LogP contribution is -2.54. The zero-order valence-corrected chi connectivity index (χ0v) is 13.1. The number of nitrogens with zero attached hydrogens (tertiary/aromatic N) is 1. The summed E-state index contributed by atoms with van der Waals surface area (Å²) >= 11 is 0. The first-order valence-corrected chi connectivity index (χ1v) is 8.85. The molecule has 2 aliphatic heterocycles. The summed E-state index contributed by atoms with van der Waals surface area (Å²) in [5, 5.41) is 0. The van der Waals surface area contributed by atoms with Gasteiger partial charge in [-0.2, -0.15) is 0 Å². The van der Waals surface area contributed by atoms with Gasteiger partial charge in [0.2, 0.25) is 5.91 Å². The molecule has 5 heteroatoms. The van der Waals surface area contributed by atoms with Crippen molar-refractivity contribution in [3.63, 3.8) is 0 Å². The number of nitrogens with two attached hydrogens (primary N) is 1. The average molecular weight is 306 g/mol. The fourth-order valence-electron chi connectivity index (χ4n) is 5.27. The Kier molecular flexibility index (Phi) is 3.44. The number of hydrogen-bond donors (Lipinski definition) is 1. The van der Waals surface area contributed by atoms with Crippen LogP contribution in [-0.2, 0) is 14.3 Å². The molecule has 1 unspecified atom stereocenters. The minimum atomic E-state index is -0.495. The first-order chi connectivity index (χ1) is 10.6. The highest BCUT2D eigenvalue weighted by Crippen LogP contribution is 2.46. The van der Waals surface area contributed by atoms with E-state index >= 15 is 0 Å². The molecule has 0 aromatic rings. The highest BCUT2D eigenvalue weighted by Gasteiger charge is 2.55. The summed E-state index contributed by atoms with van der Waals surface area (Å²) in [6.07, 6.45) is 7.58. The number of esters is 1. The maximum absolute atomic E-state index is 13.1. The molecule has 5 nitrogen and oxygen atoms in total. The summed E-state index contributed by atoms with van der Waals surface area (Å²) in [5.41, 5.74) is 5.75. The molecule has 0 radical (unpaired) electrons. The molecule has 22 heavy (non-hydrogen) atoms. The molecule has 2 bridgehead atoms. The van der Waals surface area contributed by atoms with Crippen LogP contribution in [-0.4, -0.2) is 41.5 Å². The molecule has 1 spiro atoms. The summed E-state index contributed by atoms with van der Waals surface area (Å²) in [4.78, 5) is 27.0. The number of carbonyl (C=O) groups is 2. The molecule has 4 aliphatic rings. The van der Waals surface area contributed by atoms with Crippen LogP contribution in [0.25, 0.3) is 0 Å². The van der Waals surface area contributed by atoms with Gasteiger partial charge in [-0.3, -0.25) is 9.59 Å². The largest absolute Gasteiger partial charge is 0.458 e. The van der Waals surface area contributed by atoms with Gasteiger partial charge in [0.15, 0.2) is 0 Å². The van der Waals surface area contributed by atoms with Crippen molar-refractivity contribution in [1.29, 1.82) is 0 Å². The number of hydrogen-bond acceptors (Lipinski definition) is 4. The van der Waals surface area contributed by atoms with E-state index in [9.17, 15) is 9.59 Å². The van der Waals surface area contributed by atoms with E-state index < -0.39 is 5.60 Å². The van der Waals surface area contributed by atoms with Crippen LogP contribution in [0, 0.1) is 17.8 Å². The number of fused-ring (bicyclic) bond motifs is 2. The van der Waals surface area contributed by atoms with Crippen LogP contribution in [0.2, 0.25) is 0 Å². The molecule has 122 valence electrons. The smallest absolute Gasteiger partial charge is 0.307 e. The van der Waals surface area contributed by atoms with E-state index in [2.05, 4.69) is 0 Å². The van der Waals surface area contributed by atoms with Crippen molar-refractivity contribution in [2.75, 3.05) is 13.1 Å². The van der Waals surface area contributed by atoms with Crippen molar-refractivity contribution >= 4 is 11.9 Å². The Labute approximate surface area is 131 Å². The predicted octanol–water partition coefficient (Wildman–Crippen LogP) is 1.45. The Bertz CT molecular complexity index is 472. The summed E-state index contributed by atoms with van der Waals surface area (Å²) in [6, 6.07) is 0.258. The third-order valence-corrected chi connectivity index (χ3v) is 6.54. The summed E-state index contributed by atoms with van der Waals surface area (Å²) < 4.78 is 5.69. The Balaban J connectivity index is 1.53. The Morgan fingerprint density at radius 1 is 1.14 bits per heavy atom. The lowest BCUT2D eigenvalue weighted by atomic mass is 9.75. The van der Waals surface area contributed by atoms with E-state index in [1.54, 1.807) is 0 Å². The maximum atomic E-state index is 13.1. The maximum Gasteiger partial charge on any atom is 0.307 e. The summed E-state index contributed by atoms with van der Waals surface area (Å²) in [5.74, 6) is 0.605. The fourth-order valence-corrected chi connectivity index (χ4v) is 5.27. The van der Waals surface area contributed by atoms with Crippen molar-refractivity contribution in [1.82, 2.24) is 4.90 Å². The Hall–Kier alpha value is -1.10. The number of rotatable bonds is 1. The van der Waals surface area contributed by atoms with Gasteiger partial charge in [-0.15, -0.1) is 0 Å². The van der Waals surface area contributed by atoms with Gasteiger partial charge in [0.05, 0.1) is 12.3 Å². The normalized spacial score (nSPS) is 40.0. The number of amides is 1. The zero-order valence-electron chi connectivity index (χ0n) is 13.1. The molecule has 2 aliphatic carbocycles. The van der Waals surface area contributed by atoms with Gasteiger partial charge in [-0.25, -0.2) is 0 Å². The van der Waals surface area contributed by atoms with E-state index in [1.807, 2.05) is 4.90 Å². The van der Waals surface area contributed by atoms with Crippen molar-refractivity contribution in [3.05, 3.63) is 0 Å². The molecule has 2 N–H and O–H groups in total. The SMILES string of the molecule is NC1[C@@H]2CC[C@H]1CN(C(=O)[C@@H]1CC(=O)OC13CCCCC3)C2. The minimum absolute atomic E-state index is 0.150. The van der Waals surface area contributed by atoms with Crippen LogP contribution >= 0.6 is 0 Å². The second-order valence-corrected chi connectivity index (χ2v) is 7.77. The van der Waals surface area contributed by atoms with Gasteiger partial charge >= 0.3 is 5.97 Å². The van der Waals surface area contributed by atoms with Crippen molar-refractivity contribution in [2.45, 2.75) is 63.0 Å². The fraction of sp³-hybridized carbons (Fsp3) is 0.882. The van der Waals surface area contributed by atoms with Crippen LogP contribution < -0.4 is 5.73 Å². The van der Waals surface area contributed by atoms with E-state index in [0.717, 1.165) is 51.6 Å². The van der Waals surface area contributed by atoms with Crippen LogP contribution in [0.3, 0.4) is 0 Å². The molecule has 2 heterocycles. The average Bonchev–Trinajstić information content (AvgIpc) is 2.91. The molecular formula is C17H26N2O3. The summed E-state index contributed by atoms with van der Waals surface area (Å²) in [7, 11) is 0. The second-order valence-electron chi connectivity index (χ2n) is 7.77. The topological polar surface area (TPSA) is 72.6 Å². The van der Waals surface area contributed by atoms with Gasteiger partial charge in [-0.1, -0.05) is 6.42 Å². The molecule has 4 atom stereocenters. The number of ether oxygens (including phenoxy) is 1. The molecule has 1 amide bonds. The number of piperidine rings is 1. The highest BCUT2D eigenvalue weighted by molar-refractivity contribution is 5.88. The zero-order chi connectivity index (χ0) is 15.3. The van der Waals surface area contributed by atoms with Crippen LogP contribution in [0.1, 0.15) is 51.4 Å². The minimum Gasteiger partial charge on any atom is -0.458 e. The van der Waals surface area contributed by atoms with Gasteiger partial charge in [-0.05, 0) is 50.4 Å². The lowest BCUT2D eigenvalue weighted by Gasteiger charge is -2.41. The lowest BCUT2D eigenvalue weighted by molar-refractivity contribution is -0.156.